The van der Waals surface area contributed by atoms with Gasteiger partial charge in [-0.3, -0.25) is 37.3 Å². The first-order chi connectivity index (χ1) is 42.9. The Hall–Kier alpha value is -1.94. The molecule has 528 valence electrons. The number of phosphoric ester groups is 2. The molecule has 2 unspecified atom stereocenters. The maximum atomic E-state index is 13.0. The van der Waals surface area contributed by atoms with Crippen LogP contribution in [0.3, 0.4) is 0 Å². The first kappa shape index (κ1) is 87.1. The Balaban J connectivity index is 5.18. The normalized spacial score (nSPS) is 14.1. The zero-order valence-corrected chi connectivity index (χ0v) is 59.5. The molecule has 0 saturated heterocycles. The van der Waals surface area contributed by atoms with Gasteiger partial charge in [0, 0.05) is 25.7 Å². The molecule has 3 N–H and O–H groups in total. The van der Waals surface area contributed by atoms with Crippen LogP contribution in [0.4, 0.5) is 0 Å². The van der Waals surface area contributed by atoms with Gasteiger partial charge in [-0.1, -0.05) is 305 Å². The molecule has 0 spiro atoms. The molecule has 0 saturated carbocycles. The fourth-order valence-electron chi connectivity index (χ4n) is 10.6. The van der Waals surface area contributed by atoms with Crippen molar-refractivity contribution >= 4 is 39.5 Å². The number of phosphoric acid groups is 2. The van der Waals surface area contributed by atoms with Gasteiger partial charge in [-0.2, -0.15) is 0 Å². The Bertz CT molecular complexity index is 1730. The second kappa shape index (κ2) is 62.2. The highest BCUT2D eigenvalue weighted by molar-refractivity contribution is 7.47. The van der Waals surface area contributed by atoms with E-state index in [4.69, 9.17) is 37.0 Å². The molecule has 0 aliphatic carbocycles. The first-order valence-electron chi connectivity index (χ1n) is 36.5. The van der Waals surface area contributed by atoms with Crippen LogP contribution >= 0.6 is 15.6 Å². The average Bonchev–Trinajstić information content (AvgIpc) is 3.49. The second-order valence-electron chi connectivity index (χ2n) is 26.2. The first-order valence-corrected chi connectivity index (χ1v) is 39.5. The van der Waals surface area contributed by atoms with Crippen molar-refractivity contribution in [2.24, 2.45) is 11.8 Å². The van der Waals surface area contributed by atoms with Gasteiger partial charge in [0.1, 0.15) is 19.3 Å². The summed E-state index contributed by atoms with van der Waals surface area (Å²) in [7, 11) is -9.90. The van der Waals surface area contributed by atoms with E-state index in [0.717, 1.165) is 95.8 Å². The number of hydrogen-bond donors (Lipinski definition) is 3. The van der Waals surface area contributed by atoms with Crippen molar-refractivity contribution in [3.05, 3.63) is 0 Å². The van der Waals surface area contributed by atoms with Crippen LogP contribution in [0.1, 0.15) is 356 Å². The van der Waals surface area contributed by atoms with Gasteiger partial charge < -0.3 is 33.8 Å². The van der Waals surface area contributed by atoms with Gasteiger partial charge in [0.15, 0.2) is 12.2 Å². The summed E-state index contributed by atoms with van der Waals surface area (Å²) in [6.45, 7) is 9.43. The molecule has 19 heteroatoms. The standard InChI is InChI=1S/C70H136O17P2/c1-7-9-11-13-15-17-18-19-20-21-22-23-24-25-26-28-36-42-48-54-69(74)86-65(58-81-68(73)53-47-41-35-30-29-32-38-44-50-62(3)4)60-84-88(76,77)82-56-64(71)57-83-89(78,79)85-61-66(59-80-67(72)52-46-40-34-27-16-14-12-10-8-2)87-70(75)55-49-43-37-31-33-39-45-51-63(5)6/h62-66,71H,7-61H2,1-6H3,(H,76,77)(H,78,79)/t64-,65-,66-/m1/s1. The fraction of sp³-hybridized carbons (Fsp3) is 0.943. The molecular formula is C70H136O17P2. The minimum Gasteiger partial charge on any atom is -0.462 e. The molecule has 0 aromatic heterocycles. The van der Waals surface area contributed by atoms with E-state index < -0.39 is 97.5 Å². The molecule has 0 amide bonds. The van der Waals surface area contributed by atoms with Crippen LogP contribution in [-0.4, -0.2) is 96.7 Å². The Labute approximate surface area is 543 Å². The maximum absolute atomic E-state index is 13.0. The minimum absolute atomic E-state index is 0.103. The monoisotopic (exact) mass is 1310 g/mol. The van der Waals surface area contributed by atoms with E-state index in [1.165, 1.54) is 173 Å². The number of aliphatic hydroxyl groups excluding tert-OH is 1. The van der Waals surface area contributed by atoms with E-state index in [-0.39, 0.29) is 25.7 Å². The van der Waals surface area contributed by atoms with Crippen molar-refractivity contribution < 1.29 is 80.2 Å². The zero-order chi connectivity index (χ0) is 65.7. The summed E-state index contributed by atoms with van der Waals surface area (Å²) < 4.78 is 68.2. The van der Waals surface area contributed by atoms with Gasteiger partial charge in [-0.15, -0.1) is 0 Å². The molecule has 0 radical (unpaired) electrons. The Kier molecular flexibility index (Phi) is 60.8. The number of unbranched alkanes of at least 4 members (excludes halogenated alkanes) is 39. The topological polar surface area (TPSA) is 237 Å². The van der Waals surface area contributed by atoms with E-state index >= 15 is 0 Å². The third kappa shape index (κ3) is 64.6. The number of hydrogen-bond acceptors (Lipinski definition) is 15. The molecule has 0 aliphatic rings. The molecule has 5 atom stereocenters. The number of rotatable bonds is 69. The van der Waals surface area contributed by atoms with Gasteiger partial charge in [-0.25, -0.2) is 9.13 Å². The third-order valence-corrected chi connectivity index (χ3v) is 18.1. The van der Waals surface area contributed by atoms with Gasteiger partial charge in [0.05, 0.1) is 26.4 Å². The van der Waals surface area contributed by atoms with E-state index in [2.05, 4.69) is 41.5 Å². The van der Waals surface area contributed by atoms with Gasteiger partial charge in [-0.05, 0) is 37.5 Å². The predicted octanol–water partition coefficient (Wildman–Crippen LogP) is 20.0. The zero-order valence-electron chi connectivity index (χ0n) is 57.7. The van der Waals surface area contributed by atoms with Crippen molar-refractivity contribution in [1.82, 2.24) is 0 Å². The van der Waals surface area contributed by atoms with Crippen molar-refractivity contribution in [2.75, 3.05) is 39.6 Å². The Morgan fingerprint density at radius 3 is 0.764 bits per heavy atom. The Morgan fingerprint density at radius 1 is 0.303 bits per heavy atom. The second-order valence-corrected chi connectivity index (χ2v) is 29.1. The van der Waals surface area contributed by atoms with Crippen LogP contribution in [0.5, 0.6) is 0 Å². The van der Waals surface area contributed by atoms with Crippen molar-refractivity contribution in [3.63, 3.8) is 0 Å². The molecule has 0 aromatic rings. The number of esters is 4. The average molecular weight is 1310 g/mol. The maximum Gasteiger partial charge on any atom is 0.472 e. The molecule has 17 nitrogen and oxygen atoms in total. The van der Waals surface area contributed by atoms with E-state index in [9.17, 15) is 43.2 Å². The number of carbonyl (C=O) groups is 4. The summed E-state index contributed by atoms with van der Waals surface area (Å²) in [5.74, 6) is -0.707. The Morgan fingerprint density at radius 2 is 0.517 bits per heavy atom. The fourth-order valence-corrected chi connectivity index (χ4v) is 12.2. The van der Waals surface area contributed by atoms with Gasteiger partial charge in [0.2, 0.25) is 0 Å². The predicted molar refractivity (Wildman–Crippen MR) is 358 cm³/mol. The van der Waals surface area contributed by atoms with Gasteiger partial charge >= 0.3 is 39.5 Å². The molecule has 0 aromatic carbocycles. The van der Waals surface area contributed by atoms with Crippen molar-refractivity contribution in [3.8, 4) is 0 Å². The van der Waals surface area contributed by atoms with Crippen molar-refractivity contribution in [2.45, 2.75) is 374 Å². The lowest BCUT2D eigenvalue weighted by molar-refractivity contribution is -0.161. The van der Waals surface area contributed by atoms with E-state index in [1.807, 2.05) is 0 Å². The SMILES string of the molecule is CCCCCCCCCCCCCCCCCCCCCC(=O)O[C@H](COC(=O)CCCCCCCCCCC(C)C)COP(=O)(O)OC[C@@H](O)COP(=O)(O)OC[C@@H](COC(=O)CCCCCCCCCCC)OC(=O)CCCCCCCCCC(C)C. The molecule has 0 aliphatic heterocycles. The summed E-state index contributed by atoms with van der Waals surface area (Å²) in [6, 6.07) is 0. The summed E-state index contributed by atoms with van der Waals surface area (Å²) in [4.78, 5) is 72.4. The summed E-state index contributed by atoms with van der Waals surface area (Å²) >= 11 is 0. The summed E-state index contributed by atoms with van der Waals surface area (Å²) in [5.41, 5.74) is 0. The highest BCUT2D eigenvalue weighted by atomic mass is 31.2. The molecule has 0 heterocycles. The minimum atomic E-state index is -4.95. The van der Waals surface area contributed by atoms with Crippen LogP contribution in [0.25, 0.3) is 0 Å². The highest BCUT2D eigenvalue weighted by Gasteiger charge is 2.30. The van der Waals surface area contributed by atoms with E-state index in [1.54, 1.807) is 0 Å². The van der Waals surface area contributed by atoms with Crippen LogP contribution in [0, 0.1) is 11.8 Å². The largest absolute Gasteiger partial charge is 0.472 e. The molecule has 0 bridgehead atoms. The van der Waals surface area contributed by atoms with Crippen LogP contribution in [0.2, 0.25) is 0 Å². The lowest BCUT2D eigenvalue weighted by Crippen LogP contribution is -2.30. The summed E-state index contributed by atoms with van der Waals surface area (Å²) in [5, 5.41) is 10.6. The molecular weight excluding hydrogens is 1170 g/mol. The lowest BCUT2D eigenvalue weighted by Gasteiger charge is -2.21. The van der Waals surface area contributed by atoms with Crippen LogP contribution in [0.15, 0.2) is 0 Å². The number of aliphatic hydroxyl groups is 1. The molecule has 89 heavy (non-hydrogen) atoms. The molecule has 0 fully saturated rings. The lowest BCUT2D eigenvalue weighted by atomic mass is 10.0. The van der Waals surface area contributed by atoms with Crippen LogP contribution in [-0.2, 0) is 65.4 Å². The number of carbonyl (C=O) groups excluding carboxylic acids is 4. The van der Waals surface area contributed by atoms with Crippen molar-refractivity contribution in [1.29, 1.82) is 0 Å². The summed E-state index contributed by atoms with van der Waals surface area (Å²) in [6.07, 6.45) is 47.4. The quantitative estimate of drug-likeness (QED) is 0.0222. The number of ether oxygens (including phenoxy) is 4. The molecule has 0 rings (SSSR count). The highest BCUT2D eigenvalue weighted by Crippen LogP contribution is 2.45. The van der Waals surface area contributed by atoms with E-state index in [0.29, 0.717) is 31.6 Å². The van der Waals surface area contributed by atoms with Crippen LogP contribution < -0.4 is 0 Å². The smallest absolute Gasteiger partial charge is 0.462 e. The third-order valence-electron chi connectivity index (χ3n) is 16.2. The van der Waals surface area contributed by atoms with Gasteiger partial charge in [0.25, 0.3) is 0 Å².